The van der Waals surface area contributed by atoms with Gasteiger partial charge in [0.15, 0.2) is 5.65 Å². The highest BCUT2D eigenvalue weighted by molar-refractivity contribution is 6.10. The van der Waals surface area contributed by atoms with E-state index in [-0.39, 0.29) is 5.60 Å². The number of rotatable bonds is 5. The number of methoxy groups -OCH3 is 1. The number of oxime groups is 1. The molecular weight excluding hydrogens is 438 g/mol. The molecule has 3 aliphatic rings. The minimum Gasteiger partial charge on any atom is -0.450 e. The van der Waals surface area contributed by atoms with E-state index in [0.29, 0.717) is 12.1 Å². The Morgan fingerprint density at radius 2 is 1.91 bits per heavy atom. The fourth-order valence-electron chi connectivity index (χ4n) is 5.37. The molecule has 34 heavy (non-hydrogen) atoms. The lowest BCUT2D eigenvalue weighted by Crippen LogP contribution is -2.36. The molecule has 2 aliphatic carbocycles. The standard InChI is InChI=1S/C23H33N5O2.CH2O3/c1-3-28-22-19(15-25-28)21(26-16-7-5-4-6-8-16)18(14-24-22)20-13-23(30-27-20)11-9-17(29-2)10-12-23;2-1(3)4/h14-17H,3-13H2,1-2H3,(H,24,26);(H2,2,3,4). The number of ether oxygens (including phenoxy) is 1. The van der Waals surface area contributed by atoms with Gasteiger partial charge in [0.25, 0.3) is 0 Å². The Morgan fingerprint density at radius 3 is 2.56 bits per heavy atom. The molecule has 1 spiro atoms. The number of carbonyl (C=O) groups is 1. The van der Waals surface area contributed by atoms with E-state index in [1.54, 1.807) is 7.11 Å². The Morgan fingerprint density at radius 1 is 1.21 bits per heavy atom. The molecule has 3 heterocycles. The van der Waals surface area contributed by atoms with Crippen molar-refractivity contribution in [1.82, 2.24) is 14.8 Å². The third-order valence-corrected chi connectivity index (χ3v) is 7.25. The molecule has 3 N–H and O–H groups in total. The SMILES string of the molecule is CCn1ncc2c(NC3CCCCC3)c(C3=NOC4(CCC(OC)CC4)C3)cnc21.O=C(O)O. The number of nitrogens with zero attached hydrogens (tertiary/aromatic N) is 4. The first kappa shape index (κ1) is 24.3. The number of nitrogens with one attached hydrogen (secondary N) is 1. The van der Waals surface area contributed by atoms with Gasteiger partial charge >= 0.3 is 6.16 Å². The highest BCUT2D eigenvalue weighted by atomic mass is 16.7. The molecule has 0 unspecified atom stereocenters. The summed E-state index contributed by atoms with van der Waals surface area (Å²) in [5, 5.41) is 28.1. The Balaban J connectivity index is 0.000000636. The van der Waals surface area contributed by atoms with E-state index in [0.717, 1.165) is 66.6 Å². The fraction of sp³-hybridized carbons (Fsp3) is 0.667. The number of hydrogen-bond acceptors (Lipinski definition) is 7. The van der Waals surface area contributed by atoms with Crippen LogP contribution in [0, 0.1) is 0 Å². The zero-order valence-electron chi connectivity index (χ0n) is 20.0. The molecule has 2 fully saturated rings. The number of carboxylic acid groups (broad SMARTS) is 2. The molecule has 0 atom stereocenters. The second kappa shape index (κ2) is 10.6. The van der Waals surface area contributed by atoms with Crippen molar-refractivity contribution in [2.75, 3.05) is 12.4 Å². The molecule has 0 amide bonds. The molecule has 10 nitrogen and oxygen atoms in total. The van der Waals surface area contributed by atoms with Crippen molar-refractivity contribution in [2.24, 2.45) is 5.16 Å². The van der Waals surface area contributed by atoms with Gasteiger partial charge in [0.1, 0.15) is 5.60 Å². The first-order valence-corrected chi connectivity index (χ1v) is 12.3. The zero-order chi connectivity index (χ0) is 24.1. The second-order valence-corrected chi connectivity index (χ2v) is 9.43. The van der Waals surface area contributed by atoms with Crippen LogP contribution in [0.25, 0.3) is 11.0 Å². The summed E-state index contributed by atoms with van der Waals surface area (Å²) in [7, 11) is 1.81. The molecule has 186 valence electrons. The fourth-order valence-corrected chi connectivity index (χ4v) is 5.37. The predicted octanol–water partition coefficient (Wildman–Crippen LogP) is 4.87. The van der Waals surface area contributed by atoms with Crippen molar-refractivity contribution in [3.63, 3.8) is 0 Å². The van der Waals surface area contributed by atoms with Gasteiger partial charge in [0, 0.05) is 37.9 Å². The van der Waals surface area contributed by atoms with Gasteiger partial charge in [-0.25, -0.2) is 14.5 Å². The van der Waals surface area contributed by atoms with Crippen LogP contribution in [0.15, 0.2) is 17.5 Å². The van der Waals surface area contributed by atoms with E-state index < -0.39 is 6.16 Å². The highest BCUT2D eigenvalue weighted by Crippen LogP contribution is 2.42. The highest BCUT2D eigenvalue weighted by Gasteiger charge is 2.43. The predicted molar refractivity (Wildman–Crippen MR) is 129 cm³/mol. The summed E-state index contributed by atoms with van der Waals surface area (Å²) >= 11 is 0. The van der Waals surface area contributed by atoms with Crippen LogP contribution in [0.4, 0.5) is 10.5 Å². The van der Waals surface area contributed by atoms with Gasteiger partial charge < -0.3 is 25.1 Å². The van der Waals surface area contributed by atoms with Gasteiger partial charge in [-0.1, -0.05) is 24.4 Å². The van der Waals surface area contributed by atoms with Gasteiger partial charge in [-0.15, -0.1) is 0 Å². The van der Waals surface area contributed by atoms with Crippen molar-refractivity contribution >= 4 is 28.6 Å². The van der Waals surface area contributed by atoms with Crippen LogP contribution in [0.2, 0.25) is 0 Å². The molecule has 2 aromatic heterocycles. The van der Waals surface area contributed by atoms with Crippen molar-refractivity contribution in [1.29, 1.82) is 0 Å². The van der Waals surface area contributed by atoms with E-state index in [1.165, 1.54) is 32.1 Å². The maximum Gasteiger partial charge on any atom is 0.503 e. The van der Waals surface area contributed by atoms with Crippen molar-refractivity contribution in [2.45, 2.75) is 95.4 Å². The number of anilines is 1. The third kappa shape index (κ3) is 5.27. The lowest BCUT2D eigenvalue weighted by Gasteiger charge is -2.34. The van der Waals surface area contributed by atoms with Gasteiger partial charge in [-0.2, -0.15) is 5.10 Å². The van der Waals surface area contributed by atoms with Crippen molar-refractivity contribution in [3.05, 3.63) is 18.0 Å². The maximum atomic E-state index is 8.56. The lowest BCUT2D eigenvalue weighted by atomic mass is 9.79. The van der Waals surface area contributed by atoms with Gasteiger partial charge in [0.05, 0.1) is 29.1 Å². The van der Waals surface area contributed by atoms with Crippen LogP contribution in [-0.2, 0) is 16.1 Å². The quantitative estimate of drug-likeness (QED) is 0.560. The van der Waals surface area contributed by atoms with Gasteiger partial charge in [-0.3, -0.25) is 0 Å². The van der Waals surface area contributed by atoms with Crippen molar-refractivity contribution in [3.8, 4) is 0 Å². The molecule has 5 rings (SSSR count). The summed E-state index contributed by atoms with van der Waals surface area (Å²) < 4.78 is 7.51. The van der Waals surface area contributed by atoms with Crippen LogP contribution < -0.4 is 5.32 Å². The Hall–Kier alpha value is -2.88. The molecule has 0 radical (unpaired) electrons. The van der Waals surface area contributed by atoms with Crippen LogP contribution in [-0.4, -0.2) is 61.7 Å². The molecule has 2 aromatic rings. The van der Waals surface area contributed by atoms with E-state index in [2.05, 4.69) is 22.5 Å². The summed E-state index contributed by atoms with van der Waals surface area (Å²) in [5.74, 6) is 0. The largest absolute Gasteiger partial charge is 0.503 e. The van der Waals surface area contributed by atoms with Crippen LogP contribution >= 0.6 is 0 Å². The Labute approximate surface area is 199 Å². The van der Waals surface area contributed by atoms with Crippen LogP contribution in [0.3, 0.4) is 0 Å². The zero-order valence-corrected chi connectivity index (χ0v) is 20.0. The van der Waals surface area contributed by atoms with E-state index >= 15 is 0 Å². The number of aryl methyl sites for hydroxylation is 1. The topological polar surface area (TPSA) is 131 Å². The monoisotopic (exact) mass is 473 g/mol. The molecule has 0 aromatic carbocycles. The lowest BCUT2D eigenvalue weighted by molar-refractivity contribution is -0.0744. The molecular formula is C24H35N5O5. The average molecular weight is 474 g/mol. The van der Waals surface area contributed by atoms with Gasteiger partial charge in [-0.05, 0) is 45.4 Å². The Bertz CT molecular complexity index is 1020. The number of fused-ring (bicyclic) bond motifs is 1. The summed E-state index contributed by atoms with van der Waals surface area (Å²) in [5.41, 5.74) is 4.00. The second-order valence-electron chi connectivity index (χ2n) is 9.43. The smallest absolute Gasteiger partial charge is 0.450 e. The summed E-state index contributed by atoms with van der Waals surface area (Å²) in [6.07, 6.45) is 13.7. The molecule has 10 heteroatoms. The van der Waals surface area contributed by atoms with Crippen LogP contribution in [0.1, 0.15) is 76.7 Å². The maximum absolute atomic E-state index is 8.56. The minimum absolute atomic E-state index is 0.172. The molecule has 2 saturated carbocycles. The summed E-state index contributed by atoms with van der Waals surface area (Å²) in [6, 6.07) is 0.502. The average Bonchev–Trinajstić information content (AvgIpc) is 3.45. The summed E-state index contributed by atoms with van der Waals surface area (Å²) in [4.78, 5) is 19.4. The molecule has 1 aliphatic heterocycles. The number of aromatic nitrogens is 3. The molecule has 0 bridgehead atoms. The number of pyridine rings is 1. The minimum atomic E-state index is -1.83. The summed E-state index contributed by atoms with van der Waals surface area (Å²) in [6.45, 7) is 2.91. The number of hydrogen-bond donors (Lipinski definition) is 3. The van der Waals surface area contributed by atoms with Crippen LogP contribution in [0.5, 0.6) is 0 Å². The Kier molecular flexibility index (Phi) is 7.55. The molecule has 0 saturated heterocycles. The van der Waals surface area contributed by atoms with E-state index in [1.807, 2.05) is 17.1 Å². The van der Waals surface area contributed by atoms with Crippen molar-refractivity contribution < 1.29 is 24.6 Å². The van der Waals surface area contributed by atoms with E-state index in [9.17, 15) is 0 Å². The first-order valence-electron chi connectivity index (χ1n) is 12.3. The van der Waals surface area contributed by atoms with Gasteiger partial charge in [0.2, 0.25) is 0 Å². The normalized spacial score (nSPS) is 24.9. The first-order chi connectivity index (χ1) is 16.4. The van der Waals surface area contributed by atoms with E-state index in [4.69, 9.17) is 29.6 Å². The third-order valence-electron chi connectivity index (χ3n) is 7.25.